The molecular formula is C26H30FN3O3. The van der Waals surface area contributed by atoms with Crippen LogP contribution in [0.2, 0.25) is 0 Å². The summed E-state index contributed by atoms with van der Waals surface area (Å²) in [4.78, 5) is 2.12. The van der Waals surface area contributed by atoms with E-state index >= 15 is 0 Å². The van der Waals surface area contributed by atoms with Crippen molar-refractivity contribution in [3.05, 3.63) is 66.0 Å². The molecule has 3 rings (SSSR count). The Kier molecular flexibility index (Phi) is 8.61. The number of aromatic nitrogens is 2. The number of rotatable bonds is 11. The number of benzene rings is 2. The molecule has 0 unspecified atom stereocenters. The van der Waals surface area contributed by atoms with Crippen LogP contribution in [0.15, 0.2) is 54.6 Å². The zero-order chi connectivity index (χ0) is 23.8. The SMILES string of the molecule is C#CCOC[C@@H](O)CN(Cc1c(-c2ccccc2)nn(C)c1Oc1cccc(F)c1)C(C)C. The lowest BCUT2D eigenvalue weighted by Crippen LogP contribution is -2.39. The van der Waals surface area contributed by atoms with Crippen LogP contribution in [0.1, 0.15) is 19.4 Å². The van der Waals surface area contributed by atoms with Crippen molar-refractivity contribution in [1.29, 1.82) is 0 Å². The molecule has 0 fully saturated rings. The van der Waals surface area contributed by atoms with Gasteiger partial charge in [0, 0.05) is 37.8 Å². The van der Waals surface area contributed by atoms with Gasteiger partial charge in [0.15, 0.2) is 0 Å². The van der Waals surface area contributed by atoms with Crippen molar-refractivity contribution < 1.29 is 19.0 Å². The molecule has 6 nitrogen and oxygen atoms in total. The van der Waals surface area contributed by atoms with E-state index in [1.807, 2.05) is 30.3 Å². The molecule has 0 aliphatic heterocycles. The topological polar surface area (TPSA) is 59.8 Å². The number of nitrogens with zero attached hydrogens (tertiary/aromatic N) is 3. The Bertz CT molecular complexity index is 1080. The van der Waals surface area contributed by atoms with Crippen LogP contribution in [0.25, 0.3) is 11.3 Å². The van der Waals surface area contributed by atoms with E-state index in [1.54, 1.807) is 23.9 Å². The summed E-state index contributed by atoms with van der Waals surface area (Å²) in [6.45, 7) is 5.27. The standard InChI is InChI=1S/C26H30FN3O3/c1-5-14-32-18-22(31)16-30(19(2)3)17-24-25(20-10-7-6-8-11-20)28-29(4)26(24)33-23-13-9-12-21(27)15-23/h1,6-13,15,19,22,31H,14,16-18H2,2-4H3/t22-/m0/s1. The molecule has 1 N–H and O–H groups in total. The molecule has 33 heavy (non-hydrogen) atoms. The first kappa shape index (κ1) is 24.5. The zero-order valence-corrected chi connectivity index (χ0v) is 19.2. The first-order chi connectivity index (χ1) is 15.9. The van der Waals surface area contributed by atoms with E-state index < -0.39 is 6.10 Å². The number of aliphatic hydroxyl groups is 1. The van der Waals surface area contributed by atoms with Gasteiger partial charge in [0.1, 0.15) is 23.9 Å². The maximum atomic E-state index is 13.8. The van der Waals surface area contributed by atoms with E-state index in [-0.39, 0.29) is 25.1 Å². The summed E-state index contributed by atoms with van der Waals surface area (Å²) in [5.74, 6) is 2.93. The number of hydrogen-bond donors (Lipinski definition) is 1. The van der Waals surface area contributed by atoms with E-state index in [0.29, 0.717) is 24.7 Å². The van der Waals surface area contributed by atoms with Crippen molar-refractivity contribution in [1.82, 2.24) is 14.7 Å². The van der Waals surface area contributed by atoms with E-state index in [4.69, 9.17) is 21.0 Å². The lowest BCUT2D eigenvalue weighted by molar-refractivity contribution is 0.0191. The summed E-state index contributed by atoms with van der Waals surface area (Å²) in [6, 6.07) is 16.0. The molecule has 0 bridgehead atoms. The van der Waals surface area contributed by atoms with Crippen LogP contribution in [0.4, 0.5) is 4.39 Å². The van der Waals surface area contributed by atoms with Crippen molar-refractivity contribution in [2.45, 2.75) is 32.5 Å². The number of terminal acetylenes is 1. The minimum atomic E-state index is -0.704. The molecule has 0 radical (unpaired) electrons. The van der Waals surface area contributed by atoms with Gasteiger partial charge in [-0.2, -0.15) is 5.10 Å². The number of aliphatic hydroxyl groups excluding tert-OH is 1. The number of hydrogen-bond acceptors (Lipinski definition) is 5. The molecule has 0 amide bonds. The van der Waals surface area contributed by atoms with Crippen molar-refractivity contribution in [3.8, 4) is 35.2 Å². The van der Waals surface area contributed by atoms with E-state index in [1.165, 1.54) is 12.1 Å². The van der Waals surface area contributed by atoms with Crippen LogP contribution in [0, 0.1) is 18.2 Å². The Morgan fingerprint density at radius 3 is 2.61 bits per heavy atom. The van der Waals surface area contributed by atoms with Gasteiger partial charge < -0.3 is 14.6 Å². The molecule has 2 aromatic carbocycles. The van der Waals surface area contributed by atoms with E-state index in [2.05, 4.69) is 24.7 Å². The monoisotopic (exact) mass is 451 g/mol. The van der Waals surface area contributed by atoms with Crippen LogP contribution in [0.3, 0.4) is 0 Å². The largest absolute Gasteiger partial charge is 0.439 e. The Hall–Kier alpha value is -3.18. The van der Waals surface area contributed by atoms with Crippen LogP contribution >= 0.6 is 0 Å². The summed E-state index contributed by atoms with van der Waals surface area (Å²) >= 11 is 0. The summed E-state index contributed by atoms with van der Waals surface area (Å²) in [5.41, 5.74) is 2.56. The molecule has 1 aromatic heterocycles. The minimum absolute atomic E-state index is 0.123. The highest BCUT2D eigenvalue weighted by molar-refractivity contribution is 5.65. The predicted octanol–water partition coefficient (Wildman–Crippen LogP) is 4.24. The van der Waals surface area contributed by atoms with E-state index in [0.717, 1.165) is 16.8 Å². The first-order valence-corrected chi connectivity index (χ1v) is 10.9. The molecule has 174 valence electrons. The number of halogens is 1. The summed E-state index contributed by atoms with van der Waals surface area (Å²) in [7, 11) is 1.80. The van der Waals surface area contributed by atoms with Gasteiger partial charge in [-0.1, -0.05) is 42.3 Å². The third kappa shape index (κ3) is 6.65. The molecule has 0 aliphatic rings. The highest BCUT2D eigenvalue weighted by atomic mass is 19.1. The molecule has 3 aromatic rings. The van der Waals surface area contributed by atoms with Crippen molar-refractivity contribution in [2.24, 2.45) is 7.05 Å². The van der Waals surface area contributed by atoms with Crippen molar-refractivity contribution in [3.63, 3.8) is 0 Å². The van der Waals surface area contributed by atoms with Gasteiger partial charge in [0.25, 0.3) is 0 Å². The Morgan fingerprint density at radius 1 is 1.18 bits per heavy atom. The van der Waals surface area contributed by atoms with Crippen molar-refractivity contribution in [2.75, 3.05) is 19.8 Å². The van der Waals surface area contributed by atoms with Crippen LogP contribution in [-0.2, 0) is 18.3 Å². The van der Waals surface area contributed by atoms with Crippen LogP contribution in [-0.4, -0.2) is 51.7 Å². The average Bonchev–Trinajstić information content (AvgIpc) is 3.09. The van der Waals surface area contributed by atoms with Gasteiger partial charge in [-0.05, 0) is 26.0 Å². The Morgan fingerprint density at radius 2 is 1.94 bits per heavy atom. The second kappa shape index (κ2) is 11.6. The van der Waals surface area contributed by atoms with Crippen LogP contribution in [0.5, 0.6) is 11.6 Å². The normalized spacial score (nSPS) is 12.2. The predicted molar refractivity (Wildman–Crippen MR) is 126 cm³/mol. The van der Waals surface area contributed by atoms with Gasteiger partial charge in [0.2, 0.25) is 5.88 Å². The maximum absolute atomic E-state index is 13.8. The molecule has 0 spiro atoms. The summed E-state index contributed by atoms with van der Waals surface area (Å²) in [5, 5.41) is 15.2. The fourth-order valence-electron chi connectivity index (χ4n) is 3.53. The third-order valence-corrected chi connectivity index (χ3v) is 5.18. The second-order valence-corrected chi connectivity index (χ2v) is 8.08. The Balaban J connectivity index is 1.95. The molecule has 1 atom stereocenters. The Labute approximate surface area is 194 Å². The number of ether oxygens (including phenoxy) is 2. The minimum Gasteiger partial charge on any atom is -0.439 e. The van der Waals surface area contributed by atoms with Gasteiger partial charge in [-0.25, -0.2) is 9.07 Å². The molecule has 0 saturated heterocycles. The van der Waals surface area contributed by atoms with Gasteiger partial charge >= 0.3 is 0 Å². The smallest absolute Gasteiger partial charge is 0.222 e. The lowest BCUT2D eigenvalue weighted by Gasteiger charge is -2.29. The summed E-state index contributed by atoms with van der Waals surface area (Å²) < 4.78 is 26.8. The van der Waals surface area contributed by atoms with Crippen LogP contribution < -0.4 is 4.74 Å². The fourth-order valence-corrected chi connectivity index (χ4v) is 3.53. The highest BCUT2D eigenvalue weighted by Crippen LogP contribution is 2.34. The quantitative estimate of drug-likeness (QED) is 0.349. The third-order valence-electron chi connectivity index (χ3n) is 5.18. The molecule has 0 aliphatic carbocycles. The van der Waals surface area contributed by atoms with Gasteiger partial charge in [-0.15, -0.1) is 6.42 Å². The second-order valence-electron chi connectivity index (χ2n) is 8.08. The molecular weight excluding hydrogens is 421 g/mol. The molecule has 7 heteroatoms. The zero-order valence-electron chi connectivity index (χ0n) is 19.2. The van der Waals surface area contributed by atoms with Gasteiger partial charge in [-0.3, -0.25) is 4.90 Å². The molecule has 0 saturated carbocycles. The average molecular weight is 452 g/mol. The lowest BCUT2D eigenvalue weighted by atomic mass is 10.1. The first-order valence-electron chi connectivity index (χ1n) is 10.9. The highest BCUT2D eigenvalue weighted by Gasteiger charge is 2.24. The molecule has 1 heterocycles. The maximum Gasteiger partial charge on any atom is 0.222 e. The van der Waals surface area contributed by atoms with Crippen molar-refractivity contribution >= 4 is 0 Å². The van der Waals surface area contributed by atoms with E-state index in [9.17, 15) is 9.50 Å². The summed E-state index contributed by atoms with van der Waals surface area (Å²) in [6.07, 6.45) is 4.51. The fraction of sp³-hybridized carbons (Fsp3) is 0.346. The number of aryl methyl sites for hydroxylation is 1. The van der Waals surface area contributed by atoms with Gasteiger partial charge in [0.05, 0.1) is 18.3 Å².